The zero-order chi connectivity index (χ0) is 22.7. The minimum atomic E-state index is -0.498. The van der Waals surface area contributed by atoms with E-state index in [1.807, 2.05) is 50.2 Å². The summed E-state index contributed by atoms with van der Waals surface area (Å²) in [5, 5.41) is 13.2. The molecule has 1 aliphatic rings. The maximum atomic E-state index is 13.1. The van der Waals surface area contributed by atoms with Gasteiger partial charge in [0.1, 0.15) is 0 Å². The second-order valence-electron chi connectivity index (χ2n) is 8.25. The summed E-state index contributed by atoms with van der Waals surface area (Å²) < 4.78 is 6.19. The maximum Gasteiger partial charge on any atom is 0.278 e. The Morgan fingerprint density at radius 2 is 1.97 bits per heavy atom. The van der Waals surface area contributed by atoms with Gasteiger partial charge in [-0.05, 0) is 24.8 Å². The third-order valence-corrected chi connectivity index (χ3v) is 5.62. The van der Waals surface area contributed by atoms with Crippen LogP contribution in [0.1, 0.15) is 48.8 Å². The highest BCUT2D eigenvalue weighted by atomic mass is 16.5. The molecule has 0 aliphatic carbocycles. The third-order valence-electron chi connectivity index (χ3n) is 5.62. The molecule has 0 radical (unpaired) electrons. The molecule has 1 fully saturated rings. The molecule has 0 bridgehead atoms. The molecule has 0 saturated carbocycles. The van der Waals surface area contributed by atoms with E-state index >= 15 is 0 Å². The molecule has 4 rings (SSSR count). The smallest absolute Gasteiger partial charge is 0.278 e. The van der Waals surface area contributed by atoms with Crippen LogP contribution in [-0.2, 0) is 4.74 Å². The van der Waals surface area contributed by atoms with Gasteiger partial charge in [-0.2, -0.15) is 0 Å². The fourth-order valence-corrected chi connectivity index (χ4v) is 3.95. The van der Waals surface area contributed by atoms with Crippen LogP contribution in [0.4, 0.5) is 11.5 Å². The predicted molar refractivity (Wildman–Crippen MR) is 122 cm³/mol. The number of carbonyl (C=O) groups is 1. The Bertz CT molecular complexity index is 1090. The second kappa shape index (κ2) is 9.42. The molecule has 0 unspecified atom stereocenters. The van der Waals surface area contributed by atoms with Crippen molar-refractivity contribution in [1.82, 2.24) is 15.0 Å². The largest absolute Gasteiger partial charge is 0.390 e. The Balaban J connectivity index is 1.59. The van der Waals surface area contributed by atoms with Crippen molar-refractivity contribution < 1.29 is 14.6 Å². The van der Waals surface area contributed by atoms with Crippen LogP contribution in [0.15, 0.2) is 55.0 Å². The van der Waals surface area contributed by atoms with Crippen molar-refractivity contribution in [2.75, 3.05) is 11.1 Å². The van der Waals surface area contributed by atoms with Crippen molar-refractivity contribution in [1.29, 1.82) is 0 Å². The number of pyridine rings is 1. The monoisotopic (exact) mass is 433 g/mol. The van der Waals surface area contributed by atoms with E-state index in [0.717, 1.165) is 11.1 Å². The lowest BCUT2D eigenvalue weighted by Gasteiger charge is -2.37. The molecule has 1 aliphatic heterocycles. The van der Waals surface area contributed by atoms with Gasteiger partial charge in [-0.1, -0.05) is 44.2 Å². The van der Waals surface area contributed by atoms with Crippen LogP contribution >= 0.6 is 0 Å². The number of rotatable bonds is 5. The molecule has 166 valence electrons. The minimum Gasteiger partial charge on any atom is -0.390 e. The molecule has 8 nitrogen and oxygen atoms in total. The van der Waals surface area contributed by atoms with Crippen LogP contribution in [0.5, 0.6) is 0 Å². The van der Waals surface area contributed by atoms with Crippen LogP contribution in [0.2, 0.25) is 0 Å². The van der Waals surface area contributed by atoms with Gasteiger partial charge in [-0.3, -0.25) is 9.78 Å². The average Bonchev–Trinajstić information content (AvgIpc) is 2.80. The number of hydrogen-bond acceptors (Lipinski definition) is 7. The van der Waals surface area contributed by atoms with Crippen molar-refractivity contribution >= 4 is 17.4 Å². The van der Waals surface area contributed by atoms with Crippen LogP contribution < -0.4 is 11.1 Å². The lowest BCUT2D eigenvalue weighted by atomic mass is 9.91. The maximum absolute atomic E-state index is 13.1. The Kier molecular flexibility index (Phi) is 6.43. The molecule has 2 aromatic heterocycles. The molecule has 1 amide bonds. The molecule has 32 heavy (non-hydrogen) atoms. The van der Waals surface area contributed by atoms with Gasteiger partial charge >= 0.3 is 0 Å². The zero-order valence-corrected chi connectivity index (χ0v) is 18.1. The molecule has 3 atom stereocenters. The molecule has 0 spiro atoms. The van der Waals surface area contributed by atoms with Gasteiger partial charge in [0.2, 0.25) is 0 Å². The van der Waals surface area contributed by atoms with E-state index < -0.39 is 12.0 Å². The molecule has 8 heteroatoms. The van der Waals surface area contributed by atoms with Crippen molar-refractivity contribution in [2.45, 2.75) is 45.0 Å². The van der Waals surface area contributed by atoms with E-state index in [-0.39, 0.29) is 29.6 Å². The summed E-state index contributed by atoms with van der Waals surface area (Å²) in [6.07, 6.45) is 5.03. The standard InChI is InChI=1S/C24H27N5O3/c1-14(2)22-19(30)8-9-20(32-22)16-10-11-26-12-18(16)29-24(31)21-23(25)27-13-17(28-21)15-6-4-3-5-7-15/h3-7,10-14,19-20,22,30H,8-9H2,1-2H3,(H2,25,27)(H,29,31)/t19-,20+,22+/m1/s1. The van der Waals surface area contributed by atoms with Gasteiger partial charge < -0.3 is 20.9 Å². The van der Waals surface area contributed by atoms with E-state index in [9.17, 15) is 9.90 Å². The van der Waals surface area contributed by atoms with Crippen molar-refractivity contribution in [3.8, 4) is 11.3 Å². The van der Waals surface area contributed by atoms with Crippen molar-refractivity contribution in [3.05, 3.63) is 66.2 Å². The first kappa shape index (κ1) is 21.9. The van der Waals surface area contributed by atoms with Gasteiger partial charge in [0, 0.05) is 17.3 Å². The lowest BCUT2D eigenvalue weighted by molar-refractivity contribution is -0.137. The van der Waals surface area contributed by atoms with Crippen LogP contribution in [0.25, 0.3) is 11.3 Å². The second-order valence-corrected chi connectivity index (χ2v) is 8.25. The molecule has 3 aromatic rings. The number of ether oxygens (including phenoxy) is 1. The summed E-state index contributed by atoms with van der Waals surface area (Å²) in [5.74, 6) is -0.258. The molecule has 3 heterocycles. The average molecular weight is 434 g/mol. The fourth-order valence-electron chi connectivity index (χ4n) is 3.95. The predicted octanol–water partition coefficient (Wildman–Crippen LogP) is 3.61. The molecule has 4 N–H and O–H groups in total. The lowest BCUT2D eigenvalue weighted by Crippen LogP contribution is -2.39. The number of amides is 1. The normalized spacial score (nSPS) is 20.8. The van der Waals surface area contributed by atoms with Crippen molar-refractivity contribution in [2.24, 2.45) is 5.92 Å². The van der Waals surface area contributed by atoms with Gasteiger partial charge in [0.05, 0.1) is 42.1 Å². The molecule has 1 saturated heterocycles. The number of hydrogen-bond donors (Lipinski definition) is 3. The van der Waals surface area contributed by atoms with E-state index in [0.29, 0.717) is 24.2 Å². The Labute approximate surface area is 186 Å². The Hall–Kier alpha value is -3.36. The zero-order valence-electron chi connectivity index (χ0n) is 18.1. The number of aliphatic hydroxyl groups excluding tert-OH is 1. The summed E-state index contributed by atoms with van der Waals surface area (Å²) in [6.45, 7) is 4.04. The summed E-state index contributed by atoms with van der Waals surface area (Å²) in [7, 11) is 0. The van der Waals surface area contributed by atoms with Crippen molar-refractivity contribution in [3.63, 3.8) is 0 Å². The summed E-state index contributed by atoms with van der Waals surface area (Å²) in [5.41, 5.74) is 8.73. The fraction of sp³-hybridized carbons (Fsp3) is 0.333. The number of nitrogens with one attached hydrogen (secondary N) is 1. The number of nitrogen functional groups attached to an aromatic ring is 1. The number of aliphatic hydroxyl groups is 1. The SMILES string of the molecule is CC(C)[C@@H]1O[C@H](c2ccncc2NC(=O)c2nc(-c3ccccc3)cnc2N)CC[C@H]1O. The minimum absolute atomic E-state index is 0.0428. The van der Waals surface area contributed by atoms with E-state index in [4.69, 9.17) is 10.5 Å². The first-order valence-electron chi connectivity index (χ1n) is 10.7. The Morgan fingerprint density at radius 1 is 1.19 bits per heavy atom. The van der Waals surface area contributed by atoms with E-state index in [1.165, 1.54) is 0 Å². The topological polar surface area (TPSA) is 123 Å². The molecule has 1 aromatic carbocycles. The van der Waals surface area contributed by atoms with Crippen LogP contribution in [0.3, 0.4) is 0 Å². The number of nitrogens with zero attached hydrogens (tertiary/aromatic N) is 3. The number of nitrogens with two attached hydrogens (primary N) is 1. The summed E-state index contributed by atoms with van der Waals surface area (Å²) >= 11 is 0. The van der Waals surface area contributed by atoms with Crippen LogP contribution in [0, 0.1) is 5.92 Å². The summed E-state index contributed by atoms with van der Waals surface area (Å²) in [4.78, 5) is 25.8. The molecular weight excluding hydrogens is 406 g/mol. The number of carbonyl (C=O) groups excluding carboxylic acids is 1. The highest BCUT2D eigenvalue weighted by Crippen LogP contribution is 2.37. The first-order valence-corrected chi connectivity index (χ1v) is 10.7. The van der Waals surface area contributed by atoms with Crippen LogP contribution in [-0.4, -0.2) is 38.2 Å². The molecular formula is C24H27N5O3. The third kappa shape index (κ3) is 4.61. The first-order chi connectivity index (χ1) is 15.4. The highest BCUT2D eigenvalue weighted by Gasteiger charge is 2.33. The number of benzene rings is 1. The van der Waals surface area contributed by atoms with E-state index in [2.05, 4.69) is 20.3 Å². The number of anilines is 2. The van der Waals surface area contributed by atoms with Gasteiger partial charge in [0.15, 0.2) is 11.5 Å². The Morgan fingerprint density at radius 3 is 2.72 bits per heavy atom. The van der Waals surface area contributed by atoms with Gasteiger partial charge in [-0.15, -0.1) is 0 Å². The highest BCUT2D eigenvalue weighted by molar-refractivity contribution is 6.06. The summed E-state index contributed by atoms with van der Waals surface area (Å²) in [6, 6.07) is 11.3. The number of aromatic nitrogens is 3. The quantitative estimate of drug-likeness (QED) is 0.561. The van der Waals surface area contributed by atoms with Gasteiger partial charge in [0.25, 0.3) is 5.91 Å². The van der Waals surface area contributed by atoms with Gasteiger partial charge in [-0.25, -0.2) is 9.97 Å². The van der Waals surface area contributed by atoms with E-state index in [1.54, 1.807) is 18.6 Å².